The minimum Gasteiger partial charge on any atom is -0.465 e. The Morgan fingerprint density at radius 3 is 2.68 bits per heavy atom. The van der Waals surface area contributed by atoms with E-state index in [9.17, 15) is 4.79 Å². The topological polar surface area (TPSA) is 56.8 Å². The van der Waals surface area contributed by atoms with E-state index in [1.165, 1.54) is 0 Å². The molecule has 19 heavy (non-hydrogen) atoms. The van der Waals surface area contributed by atoms with Gasteiger partial charge in [0.25, 0.3) is 0 Å². The molecule has 1 atom stereocenters. The fourth-order valence-corrected chi connectivity index (χ4v) is 2.14. The summed E-state index contributed by atoms with van der Waals surface area (Å²) in [7, 11) is 1.79. The van der Waals surface area contributed by atoms with Crippen molar-refractivity contribution in [1.29, 1.82) is 0 Å². The maximum absolute atomic E-state index is 11.8. The first-order valence-electron chi connectivity index (χ1n) is 7.18. The number of esters is 1. The van der Waals surface area contributed by atoms with Gasteiger partial charge < -0.3 is 19.5 Å². The van der Waals surface area contributed by atoms with E-state index in [0.717, 1.165) is 32.5 Å². The third-order valence-corrected chi connectivity index (χ3v) is 3.62. The third kappa shape index (κ3) is 5.47. The van der Waals surface area contributed by atoms with E-state index in [4.69, 9.17) is 14.2 Å². The number of ether oxygens (including phenoxy) is 3. The van der Waals surface area contributed by atoms with Gasteiger partial charge in [-0.1, -0.05) is 0 Å². The summed E-state index contributed by atoms with van der Waals surface area (Å²) < 4.78 is 16.2. The van der Waals surface area contributed by atoms with E-state index < -0.39 is 5.54 Å². The smallest absolute Gasteiger partial charge is 0.326 e. The minimum absolute atomic E-state index is 0.191. The molecule has 0 radical (unpaired) electrons. The number of rotatable bonds is 8. The van der Waals surface area contributed by atoms with Crippen LogP contribution in [0, 0.1) is 0 Å². The van der Waals surface area contributed by atoms with Gasteiger partial charge in [-0.15, -0.1) is 0 Å². The fraction of sp³-hybridized carbons (Fsp3) is 0.929. The highest BCUT2D eigenvalue weighted by atomic mass is 16.5. The van der Waals surface area contributed by atoms with E-state index >= 15 is 0 Å². The van der Waals surface area contributed by atoms with E-state index in [0.29, 0.717) is 25.7 Å². The summed E-state index contributed by atoms with van der Waals surface area (Å²) in [6.07, 6.45) is 3.82. The Morgan fingerprint density at radius 2 is 2.11 bits per heavy atom. The van der Waals surface area contributed by atoms with Crippen molar-refractivity contribution in [2.75, 3.05) is 33.5 Å². The minimum atomic E-state index is -0.616. The van der Waals surface area contributed by atoms with Gasteiger partial charge in [0.1, 0.15) is 5.54 Å². The molecule has 0 amide bonds. The summed E-state index contributed by atoms with van der Waals surface area (Å²) in [5.74, 6) is -0.191. The highest BCUT2D eigenvalue weighted by molar-refractivity contribution is 5.80. The second-order valence-corrected chi connectivity index (χ2v) is 5.09. The quantitative estimate of drug-likeness (QED) is 0.536. The van der Waals surface area contributed by atoms with Gasteiger partial charge in [0.05, 0.1) is 12.7 Å². The Labute approximate surface area is 116 Å². The Kier molecular flexibility index (Phi) is 7.34. The van der Waals surface area contributed by atoms with E-state index in [-0.39, 0.29) is 5.97 Å². The van der Waals surface area contributed by atoms with Crippen molar-refractivity contribution in [1.82, 2.24) is 5.32 Å². The van der Waals surface area contributed by atoms with E-state index in [1.54, 1.807) is 7.05 Å². The molecule has 0 spiro atoms. The lowest BCUT2D eigenvalue weighted by Crippen LogP contribution is -2.48. The molecule has 1 saturated heterocycles. The van der Waals surface area contributed by atoms with Crippen LogP contribution in [0.15, 0.2) is 0 Å². The highest BCUT2D eigenvalue weighted by Gasteiger charge is 2.32. The lowest BCUT2D eigenvalue weighted by atomic mass is 9.96. The SMILES string of the molecule is CCOC(=O)C(C)(CCCOC1CCOCC1)NC. The normalized spacial score (nSPS) is 19.9. The van der Waals surface area contributed by atoms with Crippen LogP contribution in [0.5, 0.6) is 0 Å². The monoisotopic (exact) mass is 273 g/mol. The maximum Gasteiger partial charge on any atom is 0.326 e. The van der Waals surface area contributed by atoms with Gasteiger partial charge in [-0.25, -0.2) is 0 Å². The molecule has 0 bridgehead atoms. The summed E-state index contributed by atoms with van der Waals surface area (Å²) in [4.78, 5) is 11.8. The zero-order valence-corrected chi connectivity index (χ0v) is 12.4. The molecule has 0 aromatic heterocycles. The van der Waals surface area contributed by atoms with Crippen molar-refractivity contribution in [3.63, 3.8) is 0 Å². The Balaban J connectivity index is 2.23. The van der Waals surface area contributed by atoms with Crippen molar-refractivity contribution in [3.05, 3.63) is 0 Å². The molecule has 1 unspecified atom stereocenters. The van der Waals surface area contributed by atoms with Gasteiger partial charge in [-0.2, -0.15) is 0 Å². The lowest BCUT2D eigenvalue weighted by molar-refractivity contribution is -0.150. The Bertz CT molecular complexity index is 266. The van der Waals surface area contributed by atoms with Crippen molar-refractivity contribution in [3.8, 4) is 0 Å². The van der Waals surface area contributed by atoms with Crippen molar-refractivity contribution < 1.29 is 19.0 Å². The van der Waals surface area contributed by atoms with Crippen LogP contribution in [0.25, 0.3) is 0 Å². The molecule has 5 nitrogen and oxygen atoms in total. The van der Waals surface area contributed by atoms with Crippen LogP contribution in [-0.4, -0.2) is 51.1 Å². The van der Waals surface area contributed by atoms with Crippen LogP contribution < -0.4 is 5.32 Å². The van der Waals surface area contributed by atoms with Crippen molar-refractivity contribution in [2.24, 2.45) is 0 Å². The van der Waals surface area contributed by atoms with Gasteiger partial charge in [0.2, 0.25) is 0 Å². The van der Waals surface area contributed by atoms with Gasteiger partial charge in [0.15, 0.2) is 0 Å². The third-order valence-electron chi connectivity index (χ3n) is 3.62. The van der Waals surface area contributed by atoms with Crippen LogP contribution in [0.4, 0.5) is 0 Å². The highest BCUT2D eigenvalue weighted by Crippen LogP contribution is 2.16. The molecule has 1 heterocycles. The lowest BCUT2D eigenvalue weighted by Gasteiger charge is -2.27. The molecule has 1 N–H and O–H groups in total. The van der Waals surface area contributed by atoms with Gasteiger partial charge >= 0.3 is 5.97 Å². The van der Waals surface area contributed by atoms with Crippen LogP contribution in [-0.2, 0) is 19.0 Å². The first kappa shape index (κ1) is 16.4. The fourth-order valence-electron chi connectivity index (χ4n) is 2.14. The first-order chi connectivity index (χ1) is 9.12. The molecule has 0 aliphatic carbocycles. The summed E-state index contributed by atoms with van der Waals surface area (Å²) in [5, 5.41) is 3.05. The van der Waals surface area contributed by atoms with Crippen LogP contribution in [0.2, 0.25) is 0 Å². The molecular formula is C14H27NO4. The summed E-state index contributed by atoms with van der Waals surface area (Å²) in [5.41, 5.74) is -0.616. The van der Waals surface area contributed by atoms with Gasteiger partial charge in [-0.3, -0.25) is 4.79 Å². The number of nitrogens with one attached hydrogen (secondary N) is 1. The molecule has 1 fully saturated rings. The molecule has 1 aliphatic rings. The van der Waals surface area contributed by atoms with Gasteiger partial charge in [-0.05, 0) is 46.6 Å². The standard InChI is InChI=1S/C14H27NO4/c1-4-18-13(16)14(2,15-3)8-5-9-19-12-6-10-17-11-7-12/h12,15H,4-11H2,1-3H3. The average Bonchev–Trinajstić information content (AvgIpc) is 2.44. The maximum atomic E-state index is 11.8. The molecular weight excluding hydrogens is 246 g/mol. The Hall–Kier alpha value is -0.650. The molecule has 0 aromatic carbocycles. The van der Waals surface area contributed by atoms with Gasteiger partial charge in [0, 0.05) is 19.8 Å². The number of hydrogen-bond donors (Lipinski definition) is 1. The predicted molar refractivity (Wildman–Crippen MR) is 73.1 cm³/mol. The van der Waals surface area contributed by atoms with Crippen molar-refractivity contribution >= 4 is 5.97 Å². The Morgan fingerprint density at radius 1 is 1.42 bits per heavy atom. The molecule has 1 rings (SSSR count). The molecule has 5 heteroatoms. The zero-order chi connectivity index (χ0) is 14.1. The number of carbonyl (C=O) groups excluding carboxylic acids is 1. The number of carbonyl (C=O) groups is 1. The zero-order valence-electron chi connectivity index (χ0n) is 12.4. The predicted octanol–water partition coefficient (Wildman–Crippen LogP) is 1.50. The second-order valence-electron chi connectivity index (χ2n) is 5.09. The van der Waals surface area contributed by atoms with Crippen LogP contribution in [0.1, 0.15) is 39.5 Å². The summed E-state index contributed by atoms with van der Waals surface area (Å²) in [6.45, 7) is 6.38. The first-order valence-corrected chi connectivity index (χ1v) is 7.18. The number of likely N-dealkylation sites (N-methyl/N-ethyl adjacent to an activating group) is 1. The second kappa shape index (κ2) is 8.51. The van der Waals surface area contributed by atoms with Crippen molar-refractivity contribution in [2.45, 2.75) is 51.2 Å². The number of hydrogen-bond acceptors (Lipinski definition) is 5. The van der Waals surface area contributed by atoms with Crippen LogP contribution in [0.3, 0.4) is 0 Å². The molecule has 0 aromatic rings. The molecule has 112 valence electrons. The summed E-state index contributed by atoms with van der Waals surface area (Å²) >= 11 is 0. The average molecular weight is 273 g/mol. The molecule has 0 saturated carbocycles. The summed E-state index contributed by atoms with van der Waals surface area (Å²) in [6, 6.07) is 0. The van der Waals surface area contributed by atoms with E-state index in [2.05, 4.69) is 5.32 Å². The molecule has 1 aliphatic heterocycles. The van der Waals surface area contributed by atoms with Crippen LogP contribution >= 0.6 is 0 Å². The largest absolute Gasteiger partial charge is 0.465 e. The van der Waals surface area contributed by atoms with E-state index in [1.807, 2.05) is 13.8 Å².